The van der Waals surface area contributed by atoms with Gasteiger partial charge in [0.15, 0.2) is 6.29 Å². The summed E-state index contributed by atoms with van der Waals surface area (Å²) in [5.74, 6) is 6.26. The molecule has 0 aliphatic carbocycles. The molecule has 0 aromatic heterocycles. The molecule has 1 unspecified atom stereocenters. The molecule has 2 aromatic carbocycles. The highest BCUT2D eigenvalue weighted by Gasteiger charge is 2.30. The summed E-state index contributed by atoms with van der Waals surface area (Å²) in [5.41, 5.74) is 3.77. The fourth-order valence-corrected chi connectivity index (χ4v) is 4.21. The standard InChI is InChI=1S/C28H30N4O4/c1-20(31(2)26-11-12-27(34)30-28(26)35)29-25-10-9-22(17-24(25)19-33)6-3-21-4-7-23(8-5-21)18-32-13-15-36-16-14-32/h4-5,7-10,17,19,26H,11-16,18H2,1-2H3,(H,30,34,35). The third-order valence-corrected chi connectivity index (χ3v) is 6.44. The zero-order valence-corrected chi connectivity index (χ0v) is 20.6. The number of carbonyl (C=O) groups is 3. The lowest BCUT2D eigenvalue weighted by Gasteiger charge is -2.31. The number of rotatable bonds is 5. The predicted octanol–water partition coefficient (Wildman–Crippen LogP) is 2.52. The van der Waals surface area contributed by atoms with E-state index in [0.717, 1.165) is 44.7 Å². The predicted molar refractivity (Wildman–Crippen MR) is 137 cm³/mol. The van der Waals surface area contributed by atoms with Crippen molar-refractivity contribution < 1.29 is 19.1 Å². The van der Waals surface area contributed by atoms with E-state index in [-0.39, 0.29) is 18.2 Å². The fourth-order valence-electron chi connectivity index (χ4n) is 4.21. The number of hydrogen-bond acceptors (Lipinski definition) is 6. The summed E-state index contributed by atoms with van der Waals surface area (Å²) in [6.45, 7) is 6.15. The quantitative estimate of drug-likeness (QED) is 0.230. The second kappa shape index (κ2) is 11.8. The van der Waals surface area contributed by atoms with E-state index < -0.39 is 6.04 Å². The number of hydrogen-bond donors (Lipinski definition) is 1. The zero-order valence-electron chi connectivity index (χ0n) is 20.6. The molecule has 0 saturated carbocycles. The van der Waals surface area contributed by atoms with Crippen LogP contribution in [0.4, 0.5) is 5.69 Å². The Kier molecular flexibility index (Phi) is 8.26. The van der Waals surface area contributed by atoms with E-state index in [9.17, 15) is 14.4 Å². The van der Waals surface area contributed by atoms with Crippen molar-refractivity contribution in [1.82, 2.24) is 15.1 Å². The van der Waals surface area contributed by atoms with Gasteiger partial charge in [-0.25, -0.2) is 4.99 Å². The van der Waals surface area contributed by atoms with Crippen molar-refractivity contribution in [1.29, 1.82) is 0 Å². The number of amides is 2. The van der Waals surface area contributed by atoms with Gasteiger partial charge < -0.3 is 9.64 Å². The van der Waals surface area contributed by atoms with Gasteiger partial charge >= 0.3 is 0 Å². The fraction of sp³-hybridized carbons (Fsp3) is 0.357. The van der Waals surface area contributed by atoms with E-state index in [1.54, 1.807) is 31.0 Å². The van der Waals surface area contributed by atoms with Gasteiger partial charge in [-0.3, -0.25) is 24.6 Å². The lowest BCUT2D eigenvalue weighted by molar-refractivity contribution is -0.136. The lowest BCUT2D eigenvalue weighted by Crippen LogP contribution is -2.52. The molecule has 36 heavy (non-hydrogen) atoms. The van der Waals surface area contributed by atoms with Crippen LogP contribution < -0.4 is 5.32 Å². The van der Waals surface area contributed by atoms with E-state index in [0.29, 0.717) is 29.1 Å². The van der Waals surface area contributed by atoms with Crippen LogP contribution in [0.15, 0.2) is 47.5 Å². The maximum absolute atomic E-state index is 12.2. The number of aldehydes is 1. The molecule has 0 spiro atoms. The Morgan fingerprint density at radius 1 is 1.14 bits per heavy atom. The summed E-state index contributed by atoms with van der Waals surface area (Å²) in [5, 5.41) is 2.36. The first-order chi connectivity index (χ1) is 17.4. The van der Waals surface area contributed by atoms with Gasteiger partial charge in [0.05, 0.1) is 18.9 Å². The Balaban J connectivity index is 1.43. The molecule has 0 bridgehead atoms. The number of amidine groups is 1. The monoisotopic (exact) mass is 486 g/mol. The summed E-state index contributed by atoms with van der Waals surface area (Å²) in [6, 6.07) is 13.0. The molecule has 8 heteroatoms. The molecule has 0 radical (unpaired) electrons. The van der Waals surface area contributed by atoms with E-state index in [1.165, 1.54) is 5.56 Å². The minimum absolute atomic E-state index is 0.261. The van der Waals surface area contributed by atoms with Crippen LogP contribution >= 0.6 is 0 Å². The van der Waals surface area contributed by atoms with Crippen molar-refractivity contribution >= 4 is 29.6 Å². The van der Waals surface area contributed by atoms with E-state index in [4.69, 9.17) is 4.74 Å². The Hall–Kier alpha value is -3.80. The number of benzene rings is 2. The Morgan fingerprint density at radius 2 is 1.83 bits per heavy atom. The summed E-state index contributed by atoms with van der Waals surface area (Å²) >= 11 is 0. The first kappa shape index (κ1) is 25.3. The first-order valence-electron chi connectivity index (χ1n) is 12.0. The van der Waals surface area contributed by atoms with Crippen LogP contribution in [0.2, 0.25) is 0 Å². The molecule has 2 aromatic rings. The van der Waals surface area contributed by atoms with Crippen molar-refractivity contribution in [2.45, 2.75) is 32.4 Å². The van der Waals surface area contributed by atoms with Crippen LogP contribution in [0.25, 0.3) is 0 Å². The maximum Gasteiger partial charge on any atom is 0.249 e. The summed E-state index contributed by atoms with van der Waals surface area (Å²) in [6.07, 6.45) is 1.47. The van der Waals surface area contributed by atoms with Gasteiger partial charge in [-0.2, -0.15) is 0 Å². The Labute approximate surface area is 211 Å². The molecule has 2 saturated heterocycles. The smallest absolute Gasteiger partial charge is 0.249 e. The highest BCUT2D eigenvalue weighted by molar-refractivity contribution is 6.02. The van der Waals surface area contributed by atoms with Crippen LogP contribution in [0, 0.1) is 11.8 Å². The van der Waals surface area contributed by atoms with E-state index >= 15 is 0 Å². The van der Waals surface area contributed by atoms with Crippen LogP contribution in [-0.2, 0) is 20.9 Å². The molecule has 1 N–H and O–H groups in total. The van der Waals surface area contributed by atoms with Gasteiger partial charge in [-0.1, -0.05) is 24.0 Å². The number of nitrogens with one attached hydrogen (secondary N) is 1. The van der Waals surface area contributed by atoms with Crippen molar-refractivity contribution in [3.05, 3.63) is 64.7 Å². The number of piperidine rings is 1. The van der Waals surface area contributed by atoms with Crippen molar-refractivity contribution in [3.63, 3.8) is 0 Å². The molecule has 2 amide bonds. The van der Waals surface area contributed by atoms with Crippen LogP contribution in [0.3, 0.4) is 0 Å². The summed E-state index contributed by atoms with van der Waals surface area (Å²) in [7, 11) is 1.76. The van der Waals surface area contributed by atoms with Gasteiger partial charge in [0.2, 0.25) is 11.8 Å². The number of likely N-dealkylation sites (N-methyl/N-ethyl adjacent to an activating group) is 1. The normalized spacial score (nSPS) is 18.7. The highest BCUT2D eigenvalue weighted by Crippen LogP contribution is 2.21. The molecular formula is C28H30N4O4. The van der Waals surface area contributed by atoms with Crippen LogP contribution in [0.5, 0.6) is 0 Å². The number of imide groups is 1. The largest absolute Gasteiger partial charge is 0.379 e. The summed E-state index contributed by atoms with van der Waals surface area (Å²) < 4.78 is 5.40. The van der Waals surface area contributed by atoms with Gasteiger partial charge in [-0.15, -0.1) is 0 Å². The number of nitrogens with zero attached hydrogens (tertiary/aromatic N) is 3. The topological polar surface area (TPSA) is 91.3 Å². The van der Waals surface area contributed by atoms with Gasteiger partial charge in [0, 0.05) is 49.8 Å². The molecule has 8 nitrogen and oxygen atoms in total. The maximum atomic E-state index is 12.2. The van der Waals surface area contributed by atoms with Crippen LogP contribution in [0.1, 0.15) is 46.8 Å². The first-order valence-corrected chi connectivity index (χ1v) is 12.0. The third-order valence-electron chi connectivity index (χ3n) is 6.44. The van der Waals surface area contributed by atoms with Crippen molar-refractivity contribution in [2.24, 2.45) is 4.99 Å². The SMILES string of the molecule is CC(=Nc1ccc(C#Cc2ccc(CN3CCOCC3)cc2)cc1C=O)N(C)C1CCC(=O)NC1=O. The van der Waals surface area contributed by atoms with Crippen molar-refractivity contribution in [2.75, 3.05) is 33.4 Å². The average molecular weight is 487 g/mol. The molecule has 4 rings (SSSR count). The number of ether oxygens (including phenoxy) is 1. The number of carbonyl (C=O) groups excluding carboxylic acids is 3. The van der Waals surface area contributed by atoms with Gasteiger partial charge in [-0.05, 0) is 49.2 Å². The minimum atomic E-state index is -0.475. The van der Waals surface area contributed by atoms with Gasteiger partial charge in [0.25, 0.3) is 0 Å². The molecule has 2 heterocycles. The molecule has 2 aliphatic heterocycles. The second-order valence-electron chi connectivity index (χ2n) is 8.96. The van der Waals surface area contributed by atoms with Crippen LogP contribution in [-0.4, -0.2) is 73.1 Å². The number of morpholine rings is 1. The molecule has 2 fully saturated rings. The molecular weight excluding hydrogens is 456 g/mol. The average Bonchev–Trinajstić information content (AvgIpc) is 2.89. The third kappa shape index (κ3) is 6.45. The van der Waals surface area contributed by atoms with Crippen molar-refractivity contribution in [3.8, 4) is 11.8 Å². The highest BCUT2D eigenvalue weighted by atomic mass is 16.5. The van der Waals surface area contributed by atoms with E-state index in [2.05, 4.69) is 39.2 Å². The van der Waals surface area contributed by atoms with Gasteiger partial charge in [0.1, 0.15) is 11.9 Å². The lowest BCUT2D eigenvalue weighted by atomic mass is 10.0. The zero-order chi connectivity index (χ0) is 25.5. The Bertz CT molecular complexity index is 1220. The van der Waals surface area contributed by atoms with E-state index in [1.807, 2.05) is 18.2 Å². The minimum Gasteiger partial charge on any atom is -0.379 e. The number of aliphatic imine (C=N–C) groups is 1. The second-order valence-corrected chi connectivity index (χ2v) is 8.96. The molecule has 1 atom stereocenters. The Morgan fingerprint density at radius 3 is 2.53 bits per heavy atom. The summed E-state index contributed by atoms with van der Waals surface area (Å²) in [4.78, 5) is 44.0. The molecule has 186 valence electrons. The molecule has 2 aliphatic rings.